The molecule has 2 heteroatoms. The van der Waals surface area contributed by atoms with E-state index < -0.39 is 0 Å². The Kier molecular flexibility index (Phi) is 3.86. The molecule has 0 aliphatic heterocycles. The van der Waals surface area contributed by atoms with Gasteiger partial charge < -0.3 is 0 Å². The summed E-state index contributed by atoms with van der Waals surface area (Å²) in [5.74, 6) is 1.99. The van der Waals surface area contributed by atoms with E-state index in [2.05, 4.69) is 0 Å². The lowest BCUT2D eigenvalue weighted by atomic mass is 11.0. The van der Waals surface area contributed by atoms with Crippen molar-refractivity contribution in [2.45, 2.75) is 6.92 Å². The normalized spacial score (nSPS) is 8.80. The van der Waals surface area contributed by atoms with Gasteiger partial charge in [0.2, 0.25) is 0 Å². The third-order valence-electron chi connectivity index (χ3n) is 0.229. The zero-order valence-electron chi connectivity index (χ0n) is 3.10. The van der Waals surface area contributed by atoms with E-state index in [4.69, 9.17) is 5.26 Å². The van der Waals surface area contributed by atoms with Crippen molar-refractivity contribution >= 4 is 8.58 Å². The summed E-state index contributed by atoms with van der Waals surface area (Å²) in [6, 6.07) is 0. The smallest absolute Gasteiger partial charge is 0.0929 e. The first-order valence-electron chi connectivity index (χ1n) is 1.47. The molecule has 0 aromatic rings. The molecule has 0 fully saturated rings. The number of rotatable bonds is 1. The zero-order valence-corrected chi connectivity index (χ0v) is 4.00. The van der Waals surface area contributed by atoms with E-state index in [9.17, 15) is 0 Å². The van der Waals surface area contributed by atoms with E-state index in [1.54, 1.807) is 0 Å². The van der Waals surface area contributed by atoms with Gasteiger partial charge in [0, 0.05) is 8.58 Å². The fourth-order valence-corrected chi connectivity index (χ4v) is 0.212. The maximum Gasteiger partial charge on any atom is 0.0929 e. The fourth-order valence-electron chi connectivity index (χ4n) is 0.0707. The molecule has 0 amide bonds. The average Bonchev–Trinajstić information content (AvgIpc) is 1.41. The lowest BCUT2D eigenvalue weighted by molar-refractivity contribution is 1.51. The van der Waals surface area contributed by atoms with E-state index in [-0.39, 0.29) is 0 Å². The molecule has 0 aliphatic carbocycles. The number of nitriles is 1. The van der Waals surface area contributed by atoms with Crippen LogP contribution in [0.3, 0.4) is 0 Å². The van der Waals surface area contributed by atoms with Crippen molar-refractivity contribution in [1.82, 2.24) is 0 Å². The molecular weight excluding hydrogens is 81.0 g/mol. The highest BCUT2D eigenvalue weighted by Crippen LogP contribution is 2.01. The first-order valence-corrected chi connectivity index (χ1v) is 2.55. The molecule has 27 valence electrons. The van der Waals surface area contributed by atoms with Crippen molar-refractivity contribution in [3.63, 3.8) is 0 Å². The Balaban J connectivity index is 2.48. The minimum absolute atomic E-state index is 0.886. The summed E-state index contributed by atoms with van der Waals surface area (Å²) in [5, 5.41) is 7.80. The van der Waals surface area contributed by atoms with Crippen molar-refractivity contribution in [2.24, 2.45) is 0 Å². The molecule has 0 aromatic heterocycles. The Morgan fingerprint density at radius 3 is 2.60 bits per heavy atom. The van der Waals surface area contributed by atoms with Gasteiger partial charge in [-0.05, 0) is 6.16 Å². The molecule has 0 aliphatic rings. The zero-order chi connectivity index (χ0) is 4.12. The van der Waals surface area contributed by atoms with Crippen LogP contribution in [0.25, 0.3) is 0 Å². The third kappa shape index (κ3) is 3.92. The predicted octanol–water partition coefficient (Wildman–Crippen LogP) is 1.43. The van der Waals surface area contributed by atoms with E-state index in [1.807, 2.05) is 12.7 Å². The lowest BCUT2D eigenvalue weighted by Crippen LogP contribution is -1.47. The van der Waals surface area contributed by atoms with E-state index >= 15 is 0 Å². The van der Waals surface area contributed by atoms with E-state index in [1.165, 1.54) is 0 Å². The first kappa shape index (κ1) is 4.92. The van der Waals surface area contributed by atoms with E-state index in [0.717, 1.165) is 14.7 Å². The summed E-state index contributed by atoms with van der Waals surface area (Å²) in [6.45, 7) is 1.98. The second-order valence-corrected chi connectivity index (χ2v) is 1.72. The van der Waals surface area contributed by atoms with Gasteiger partial charge in [0.1, 0.15) is 0 Å². The third-order valence-corrected chi connectivity index (χ3v) is 0.686. The van der Waals surface area contributed by atoms with Crippen LogP contribution < -0.4 is 0 Å². The van der Waals surface area contributed by atoms with Gasteiger partial charge in [-0.15, -0.1) is 0 Å². The van der Waals surface area contributed by atoms with Crippen molar-refractivity contribution < 1.29 is 0 Å². The van der Waals surface area contributed by atoms with Gasteiger partial charge in [-0.3, -0.25) is 0 Å². The molecule has 0 N–H and O–H groups in total. The second-order valence-electron chi connectivity index (χ2n) is 0.574. The summed E-state index contributed by atoms with van der Waals surface area (Å²) < 4.78 is 0. The molecule has 0 heterocycles. The SMILES string of the molecule is CC[P]C#N. The van der Waals surface area contributed by atoms with Crippen molar-refractivity contribution in [2.75, 3.05) is 6.16 Å². The van der Waals surface area contributed by atoms with Crippen molar-refractivity contribution in [3.05, 3.63) is 0 Å². The molecule has 0 aromatic carbocycles. The van der Waals surface area contributed by atoms with Crippen molar-refractivity contribution in [1.29, 1.82) is 5.26 Å². The van der Waals surface area contributed by atoms with E-state index in [0.29, 0.717) is 0 Å². The number of hydrogen-bond acceptors (Lipinski definition) is 1. The van der Waals surface area contributed by atoms with Gasteiger partial charge in [-0.1, -0.05) is 6.92 Å². The molecule has 5 heavy (non-hydrogen) atoms. The van der Waals surface area contributed by atoms with Crippen LogP contribution in [0.4, 0.5) is 0 Å². The Morgan fingerprint density at radius 1 is 2.00 bits per heavy atom. The predicted molar refractivity (Wildman–Crippen MR) is 23.1 cm³/mol. The van der Waals surface area contributed by atoms with Gasteiger partial charge in [0.05, 0.1) is 5.81 Å². The largest absolute Gasteiger partial charge is 0.193 e. The second kappa shape index (κ2) is 3.92. The van der Waals surface area contributed by atoms with Gasteiger partial charge in [0.15, 0.2) is 0 Å². The Bertz CT molecular complexity index is 45.3. The topological polar surface area (TPSA) is 23.8 Å². The Labute approximate surface area is 33.8 Å². The molecule has 1 radical (unpaired) electrons. The molecular formula is C3H5NP. The molecule has 0 saturated heterocycles. The van der Waals surface area contributed by atoms with Crippen LogP contribution in [0.2, 0.25) is 0 Å². The number of hydrogen-bond donors (Lipinski definition) is 0. The molecule has 0 unspecified atom stereocenters. The Hall–Kier alpha value is -0.0800. The molecule has 0 saturated carbocycles. The quantitative estimate of drug-likeness (QED) is 0.443. The number of nitrogens with zero attached hydrogens (tertiary/aromatic N) is 1. The summed E-state index contributed by atoms with van der Waals surface area (Å²) in [6.07, 6.45) is 0.955. The summed E-state index contributed by atoms with van der Waals surface area (Å²) in [7, 11) is 0.886. The van der Waals surface area contributed by atoms with Gasteiger partial charge in [-0.25, -0.2) is 0 Å². The highest BCUT2D eigenvalue weighted by Gasteiger charge is 1.67. The van der Waals surface area contributed by atoms with Crippen LogP contribution in [-0.4, -0.2) is 6.16 Å². The molecule has 0 bridgehead atoms. The highest BCUT2D eigenvalue weighted by atomic mass is 31.1. The van der Waals surface area contributed by atoms with Crippen LogP contribution >= 0.6 is 8.58 Å². The summed E-state index contributed by atoms with van der Waals surface area (Å²) in [5.41, 5.74) is 0. The lowest BCUT2D eigenvalue weighted by Gasteiger charge is -1.64. The van der Waals surface area contributed by atoms with Gasteiger partial charge in [0.25, 0.3) is 0 Å². The maximum absolute atomic E-state index is 7.80. The summed E-state index contributed by atoms with van der Waals surface area (Å²) >= 11 is 0. The minimum Gasteiger partial charge on any atom is -0.193 e. The molecule has 0 atom stereocenters. The van der Waals surface area contributed by atoms with Crippen LogP contribution in [0.1, 0.15) is 6.92 Å². The van der Waals surface area contributed by atoms with Crippen LogP contribution in [-0.2, 0) is 0 Å². The standard InChI is InChI=1S/C3H5NP/c1-2-5-3-4/h2H2,1H3. The van der Waals surface area contributed by atoms with Crippen LogP contribution in [0, 0.1) is 11.1 Å². The molecule has 1 nitrogen and oxygen atoms in total. The summed E-state index contributed by atoms with van der Waals surface area (Å²) in [4.78, 5) is 0. The minimum atomic E-state index is 0.886. The average molecular weight is 86.1 g/mol. The highest BCUT2D eigenvalue weighted by molar-refractivity contribution is 7.43. The first-order chi connectivity index (χ1) is 2.41. The van der Waals surface area contributed by atoms with Crippen LogP contribution in [0.5, 0.6) is 0 Å². The fraction of sp³-hybridized carbons (Fsp3) is 0.667. The maximum atomic E-state index is 7.80. The molecule has 0 rings (SSSR count). The van der Waals surface area contributed by atoms with Crippen molar-refractivity contribution in [3.8, 4) is 5.81 Å². The monoisotopic (exact) mass is 86.0 g/mol. The van der Waals surface area contributed by atoms with Gasteiger partial charge >= 0.3 is 0 Å². The Morgan fingerprint density at radius 2 is 2.60 bits per heavy atom. The van der Waals surface area contributed by atoms with Gasteiger partial charge in [-0.2, -0.15) is 5.26 Å². The molecule has 0 spiro atoms. The van der Waals surface area contributed by atoms with Crippen LogP contribution in [0.15, 0.2) is 0 Å².